The molecule has 5 heterocycles. The monoisotopic (exact) mass is 758 g/mol. The number of amides is 4. The number of imidazole rings is 2. The molecule has 0 saturated carbocycles. The highest BCUT2D eigenvalue weighted by atomic mass is 16.5. The van der Waals surface area contributed by atoms with E-state index in [1.54, 1.807) is 9.80 Å². The molecule has 0 radical (unpaired) electrons. The predicted octanol–water partition coefficient (Wildman–Crippen LogP) is 5.43. The molecule has 1 aliphatic carbocycles. The largest absolute Gasteiger partial charge is 0.453 e. The van der Waals surface area contributed by atoms with Gasteiger partial charge >= 0.3 is 12.2 Å². The van der Waals surface area contributed by atoms with E-state index in [2.05, 4.69) is 57.0 Å². The number of aryl methyl sites for hydroxylation is 1. The molecule has 2 aromatic carbocycles. The number of ether oxygens (including phenoxy) is 2. The number of alkyl carbamates (subject to hydrolysis) is 2. The van der Waals surface area contributed by atoms with Gasteiger partial charge in [-0.05, 0) is 48.8 Å². The molecular formula is C42H46N8O6. The molecule has 56 heavy (non-hydrogen) atoms. The highest BCUT2D eigenvalue weighted by Gasteiger charge is 2.44. The Morgan fingerprint density at radius 1 is 0.893 bits per heavy atom. The fourth-order valence-corrected chi connectivity index (χ4v) is 8.70. The van der Waals surface area contributed by atoms with Gasteiger partial charge in [-0.3, -0.25) is 14.5 Å². The first-order chi connectivity index (χ1) is 27.2. The number of hydrogen-bond donors (Lipinski definition) is 4. The van der Waals surface area contributed by atoms with Gasteiger partial charge in [-0.25, -0.2) is 19.6 Å². The van der Waals surface area contributed by atoms with Crippen LogP contribution in [0.1, 0.15) is 90.3 Å². The van der Waals surface area contributed by atoms with Crippen LogP contribution >= 0.6 is 0 Å². The SMILES string of the molecule is CC[C@H](NC(=O)OC)C(=O)N1CCC[C@H]1c1ncc(C2(c3cnc([C@@H]4Cc5cccc6c5N4C(=O)[C@@H](NC(=O)OC)CC6)[nH]3)C=CC(c3ccccc3)C=C2)[nH]1. The highest BCUT2D eigenvalue weighted by Crippen LogP contribution is 2.46. The van der Waals surface area contributed by atoms with Crippen LogP contribution in [-0.2, 0) is 37.3 Å². The van der Waals surface area contributed by atoms with E-state index in [1.807, 2.05) is 55.7 Å². The molecule has 2 aromatic heterocycles. The van der Waals surface area contributed by atoms with Crippen molar-refractivity contribution in [1.29, 1.82) is 0 Å². The Morgan fingerprint density at radius 2 is 1.57 bits per heavy atom. The Labute approximate surface area is 324 Å². The van der Waals surface area contributed by atoms with E-state index < -0.39 is 35.7 Å². The van der Waals surface area contributed by atoms with Crippen LogP contribution in [-0.4, -0.2) is 81.7 Å². The van der Waals surface area contributed by atoms with Crippen LogP contribution in [0.4, 0.5) is 15.3 Å². The topological polar surface area (TPSA) is 175 Å². The molecule has 8 rings (SSSR count). The molecule has 1 fully saturated rings. The third kappa shape index (κ3) is 6.52. The number of nitrogens with one attached hydrogen (secondary N) is 4. The normalized spacial score (nSPS) is 24.4. The summed E-state index contributed by atoms with van der Waals surface area (Å²) < 4.78 is 9.63. The van der Waals surface area contributed by atoms with Crippen LogP contribution in [0.25, 0.3) is 0 Å². The van der Waals surface area contributed by atoms with Crippen LogP contribution in [0, 0.1) is 0 Å². The van der Waals surface area contributed by atoms with Crippen molar-refractivity contribution in [1.82, 2.24) is 35.5 Å². The fraction of sp³-hybridized carbons (Fsp3) is 0.381. The molecule has 0 spiro atoms. The lowest BCUT2D eigenvalue weighted by atomic mass is 9.75. The van der Waals surface area contributed by atoms with Crippen molar-refractivity contribution in [2.24, 2.45) is 0 Å². The molecule has 4 N–H and O–H groups in total. The molecule has 0 unspecified atom stereocenters. The van der Waals surface area contributed by atoms with Crippen molar-refractivity contribution in [3.63, 3.8) is 0 Å². The zero-order chi connectivity index (χ0) is 39.0. The van der Waals surface area contributed by atoms with Gasteiger partial charge in [0.05, 0.1) is 48.8 Å². The maximum atomic E-state index is 14.2. The second-order valence-corrected chi connectivity index (χ2v) is 14.8. The molecule has 4 aliphatic rings. The van der Waals surface area contributed by atoms with E-state index in [0.717, 1.165) is 46.6 Å². The molecule has 3 aliphatic heterocycles. The van der Waals surface area contributed by atoms with Gasteiger partial charge in [0.15, 0.2) is 0 Å². The van der Waals surface area contributed by atoms with Gasteiger partial charge in [0.2, 0.25) is 11.8 Å². The van der Waals surface area contributed by atoms with Crippen molar-refractivity contribution in [2.75, 3.05) is 25.7 Å². The fourth-order valence-electron chi connectivity index (χ4n) is 8.70. The molecule has 14 heteroatoms. The van der Waals surface area contributed by atoms with E-state index in [9.17, 15) is 19.2 Å². The molecule has 4 amide bonds. The van der Waals surface area contributed by atoms with Crippen molar-refractivity contribution < 1.29 is 28.7 Å². The zero-order valence-corrected chi connectivity index (χ0v) is 31.7. The van der Waals surface area contributed by atoms with E-state index >= 15 is 0 Å². The number of hydrogen-bond acceptors (Lipinski definition) is 8. The van der Waals surface area contributed by atoms with Crippen LogP contribution in [0.2, 0.25) is 0 Å². The summed E-state index contributed by atoms with van der Waals surface area (Å²) in [6.45, 7) is 2.40. The lowest BCUT2D eigenvalue weighted by Gasteiger charge is -2.30. The maximum Gasteiger partial charge on any atom is 0.407 e. The van der Waals surface area contributed by atoms with Gasteiger partial charge in [-0.15, -0.1) is 0 Å². The number of methoxy groups -OCH3 is 2. The number of H-pyrrole nitrogens is 2. The molecule has 1 saturated heterocycles. The average molecular weight is 759 g/mol. The van der Waals surface area contributed by atoms with Crippen LogP contribution < -0.4 is 15.5 Å². The summed E-state index contributed by atoms with van der Waals surface area (Å²) in [5.41, 5.74) is 4.86. The number of carbonyl (C=O) groups excluding carboxylic acids is 4. The van der Waals surface area contributed by atoms with E-state index in [-0.39, 0.29) is 23.8 Å². The van der Waals surface area contributed by atoms with Crippen LogP contribution in [0.15, 0.2) is 85.2 Å². The Balaban J connectivity index is 1.14. The maximum absolute atomic E-state index is 14.2. The third-order valence-electron chi connectivity index (χ3n) is 11.6. The van der Waals surface area contributed by atoms with E-state index in [4.69, 9.17) is 19.4 Å². The molecule has 4 atom stereocenters. The first-order valence-corrected chi connectivity index (χ1v) is 19.2. The summed E-state index contributed by atoms with van der Waals surface area (Å²) in [5, 5.41) is 5.42. The van der Waals surface area contributed by atoms with Gasteiger partial charge in [-0.1, -0.05) is 79.8 Å². The van der Waals surface area contributed by atoms with Crippen LogP contribution in [0.3, 0.4) is 0 Å². The minimum absolute atomic E-state index is 0.0436. The number of carbonyl (C=O) groups is 4. The van der Waals surface area contributed by atoms with Crippen molar-refractivity contribution in [3.8, 4) is 0 Å². The molecule has 14 nitrogen and oxygen atoms in total. The number of aromatic nitrogens is 4. The number of allylic oxidation sites excluding steroid dienone is 4. The van der Waals surface area contributed by atoms with Gasteiger partial charge in [0.1, 0.15) is 23.7 Å². The summed E-state index contributed by atoms with van der Waals surface area (Å²) in [5.74, 6) is 0.935. The van der Waals surface area contributed by atoms with Gasteiger partial charge in [0, 0.05) is 31.3 Å². The number of nitrogens with zero attached hydrogens (tertiary/aromatic N) is 4. The number of likely N-dealkylation sites (tertiary alicyclic amines) is 1. The molecule has 290 valence electrons. The Bertz CT molecular complexity index is 2180. The van der Waals surface area contributed by atoms with Gasteiger partial charge in [-0.2, -0.15) is 0 Å². The smallest absolute Gasteiger partial charge is 0.407 e. The Kier molecular flexibility index (Phi) is 9.96. The highest BCUT2D eigenvalue weighted by molar-refractivity contribution is 6.02. The minimum Gasteiger partial charge on any atom is -0.453 e. The second kappa shape index (κ2) is 15.2. The van der Waals surface area contributed by atoms with E-state index in [0.29, 0.717) is 43.9 Å². The second-order valence-electron chi connectivity index (χ2n) is 14.8. The molecular weight excluding hydrogens is 713 g/mol. The Hall–Kier alpha value is -6.18. The third-order valence-corrected chi connectivity index (χ3v) is 11.6. The number of aromatic amines is 2. The lowest BCUT2D eigenvalue weighted by molar-refractivity contribution is -0.134. The number of anilines is 1. The minimum atomic E-state index is -0.845. The quantitative estimate of drug-likeness (QED) is 0.164. The molecule has 0 bridgehead atoms. The summed E-state index contributed by atoms with van der Waals surface area (Å²) in [7, 11) is 2.57. The summed E-state index contributed by atoms with van der Waals surface area (Å²) in [6.07, 6.45) is 14.6. The predicted molar refractivity (Wildman–Crippen MR) is 207 cm³/mol. The summed E-state index contributed by atoms with van der Waals surface area (Å²) >= 11 is 0. The van der Waals surface area contributed by atoms with Crippen LogP contribution in [0.5, 0.6) is 0 Å². The number of benzene rings is 2. The Morgan fingerprint density at radius 3 is 2.25 bits per heavy atom. The summed E-state index contributed by atoms with van der Waals surface area (Å²) in [6, 6.07) is 14.2. The van der Waals surface area contributed by atoms with Gasteiger partial charge in [0.25, 0.3) is 0 Å². The number of para-hydroxylation sites is 1. The van der Waals surface area contributed by atoms with Crippen molar-refractivity contribution in [2.45, 2.75) is 80.9 Å². The lowest BCUT2D eigenvalue weighted by Crippen LogP contribution is -2.48. The number of rotatable bonds is 9. The standard InChI is InChI=1S/C42H46N8O6/c1-4-29(45-40(53)55-2)38(51)49-21-9-14-31(49)36-43-23-33(47-36)42(19-17-26(18-20-42)25-10-6-5-7-11-25)34-24-44-37(48-34)32-22-28-13-8-12-27-15-16-30(46-41(54)56-3)39(52)50(32)35(27)28/h5-8,10-13,17-20,23-24,26,29-32H,4,9,14-16,21-22H2,1-3H3,(H,43,47)(H,44,48)(H,45,53)(H,46,54)/t26?,29-,30-,31-,32-,42?/m0/s1. The molecule has 4 aromatic rings. The van der Waals surface area contributed by atoms with Crippen molar-refractivity contribution in [3.05, 3.63) is 125 Å². The first-order valence-electron chi connectivity index (χ1n) is 19.2. The zero-order valence-electron chi connectivity index (χ0n) is 31.7. The van der Waals surface area contributed by atoms with Crippen molar-refractivity contribution >= 4 is 29.7 Å². The average Bonchev–Trinajstić information content (AvgIpc) is 4.06. The van der Waals surface area contributed by atoms with E-state index in [1.165, 1.54) is 14.2 Å². The van der Waals surface area contributed by atoms with Gasteiger partial charge < -0.3 is 35.0 Å². The first kappa shape index (κ1) is 36.8. The summed E-state index contributed by atoms with van der Waals surface area (Å²) in [4.78, 5) is 72.9.